The Morgan fingerprint density at radius 1 is 1.25 bits per heavy atom. The van der Waals surface area contributed by atoms with Crippen LogP contribution in [0.15, 0.2) is 23.3 Å². The van der Waals surface area contributed by atoms with E-state index in [0.717, 1.165) is 12.8 Å². The van der Waals surface area contributed by atoms with E-state index in [1.165, 1.54) is 39.0 Å². The van der Waals surface area contributed by atoms with Crippen molar-refractivity contribution in [1.82, 2.24) is 4.90 Å². The first-order valence-corrected chi connectivity index (χ1v) is 13.7. The van der Waals surface area contributed by atoms with Crippen molar-refractivity contribution in [3.8, 4) is 0 Å². The lowest BCUT2D eigenvalue weighted by atomic mass is 9.78. The Kier molecular flexibility index (Phi) is 12.6. The SMILES string of the molecule is CCCCCCC[C@H](CC=CCCC(=O)N(C)CC(Cl)=C[C@@]12O[C@@H]1C[C@H](OC(C)=O)[C@H](C)C2=O)OC. The number of epoxide rings is 1. The first kappa shape index (κ1) is 30.5. The number of Topliss-reactive ketones (excluding diaryl/α,β-unsaturated/α-hetero) is 1. The molecule has 8 heteroatoms. The third kappa shape index (κ3) is 9.00. The minimum absolute atomic E-state index is 0.0190. The summed E-state index contributed by atoms with van der Waals surface area (Å²) in [6.45, 7) is 5.50. The molecule has 0 unspecified atom stereocenters. The largest absolute Gasteiger partial charge is 0.462 e. The summed E-state index contributed by atoms with van der Waals surface area (Å²) in [7, 11) is 3.46. The summed E-state index contributed by atoms with van der Waals surface area (Å²) in [5.41, 5.74) is -1.06. The maximum atomic E-state index is 12.9. The van der Waals surface area contributed by atoms with Crippen LogP contribution in [0.25, 0.3) is 0 Å². The van der Waals surface area contributed by atoms with Crippen LogP contribution in [0.4, 0.5) is 0 Å². The van der Waals surface area contributed by atoms with E-state index < -0.39 is 23.6 Å². The number of likely N-dealkylation sites (N-methyl/N-ethyl adjacent to an activating group) is 1. The number of halogens is 1. The molecule has 1 amide bonds. The van der Waals surface area contributed by atoms with Crippen LogP contribution in [0.5, 0.6) is 0 Å². The zero-order valence-corrected chi connectivity index (χ0v) is 23.4. The Balaban J connectivity index is 1.73. The molecular formula is C28H44ClNO6. The number of rotatable bonds is 16. The summed E-state index contributed by atoms with van der Waals surface area (Å²) < 4.78 is 16.5. The summed E-state index contributed by atoms with van der Waals surface area (Å²) in [6.07, 6.45) is 14.9. The number of allylic oxidation sites excluding steroid dienone is 1. The van der Waals surface area contributed by atoms with Gasteiger partial charge in [-0.2, -0.15) is 0 Å². The zero-order chi connectivity index (χ0) is 26.7. The van der Waals surface area contributed by atoms with E-state index >= 15 is 0 Å². The first-order valence-electron chi connectivity index (χ1n) is 13.3. The van der Waals surface area contributed by atoms with E-state index in [4.69, 9.17) is 25.8 Å². The van der Waals surface area contributed by atoms with Crippen molar-refractivity contribution < 1.29 is 28.6 Å². The highest BCUT2D eigenvalue weighted by molar-refractivity contribution is 6.30. The molecule has 5 atom stereocenters. The lowest BCUT2D eigenvalue weighted by Crippen LogP contribution is -2.44. The number of carbonyl (C=O) groups is 3. The van der Waals surface area contributed by atoms with E-state index in [2.05, 4.69) is 13.0 Å². The number of nitrogens with zero attached hydrogens (tertiary/aromatic N) is 1. The molecule has 7 nitrogen and oxygen atoms in total. The van der Waals surface area contributed by atoms with Gasteiger partial charge in [-0.3, -0.25) is 14.4 Å². The highest BCUT2D eigenvalue weighted by Crippen LogP contribution is 2.50. The molecular weight excluding hydrogens is 482 g/mol. The van der Waals surface area contributed by atoms with Crippen molar-refractivity contribution in [3.05, 3.63) is 23.3 Å². The van der Waals surface area contributed by atoms with Gasteiger partial charge in [0.1, 0.15) is 12.2 Å². The number of ketones is 1. The topological polar surface area (TPSA) is 85.4 Å². The number of carbonyl (C=O) groups excluding carboxylic acids is 3. The molecule has 204 valence electrons. The molecule has 1 saturated heterocycles. The van der Waals surface area contributed by atoms with E-state index in [9.17, 15) is 14.4 Å². The molecule has 2 aliphatic rings. The summed E-state index contributed by atoms with van der Waals surface area (Å²) in [5, 5.41) is 0.386. The van der Waals surface area contributed by atoms with Crippen LogP contribution in [0, 0.1) is 5.92 Å². The second-order valence-electron chi connectivity index (χ2n) is 10.1. The standard InChI is InChI=1S/C28H44ClNO6/c1-6-7-8-9-11-14-23(34-5)15-12-10-13-16-26(32)30(4)19-22(29)18-28-25(36-28)17-24(35-21(3)31)20(2)27(28)33/h10,12,18,20,23-25H,6-9,11,13-17,19H2,1-5H3/t20-,23+,24-,25+,28+/m0/s1. The third-order valence-electron chi connectivity index (χ3n) is 7.12. The Labute approximate surface area is 221 Å². The van der Waals surface area contributed by atoms with E-state index in [1.807, 2.05) is 6.08 Å². The third-order valence-corrected chi connectivity index (χ3v) is 7.35. The fraction of sp³-hybridized carbons (Fsp3) is 0.750. The minimum atomic E-state index is -1.06. The van der Waals surface area contributed by atoms with Crippen molar-refractivity contribution in [1.29, 1.82) is 0 Å². The quantitative estimate of drug-likeness (QED) is 0.117. The molecule has 1 aliphatic carbocycles. The summed E-state index contributed by atoms with van der Waals surface area (Å²) in [5.74, 6) is -1.04. The van der Waals surface area contributed by atoms with Crippen LogP contribution in [0.1, 0.15) is 85.0 Å². The van der Waals surface area contributed by atoms with Gasteiger partial charge in [0.25, 0.3) is 0 Å². The van der Waals surface area contributed by atoms with Gasteiger partial charge in [0, 0.05) is 39.0 Å². The number of fused-ring (bicyclic) bond motifs is 1. The molecule has 0 aromatic heterocycles. The number of ether oxygens (including phenoxy) is 3. The van der Waals surface area contributed by atoms with E-state index in [0.29, 0.717) is 24.3 Å². The Hall–Kier alpha value is -1.70. The maximum absolute atomic E-state index is 12.9. The van der Waals surface area contributed by atoms with Crippen molar-refractivity contribution in [3.63, 3.8) is 0 Å². The predicted molar refractivity (Wildman–Crippen MR) is 141 cm³/mol. The van der Waals surface area contributed by atoms with Crippen molar-refractivity contribution in [2.75, 3.05) is 20.7 Å². The number of unbranched alkanes of at least 4 members (excludes halogenated alkanes) is 4. The second kappa shape index (κ2) is 14.9. The molecule has 0 N–H and O–H groups in total. The van der Waals surface area contributed by atoms with Gasteiger partial charge in [-0.25, -0.2) is 0 Å². The Bertz CT molecular complexity index is 812. The van der Waals surface area contributed by atoms with Crippen LogP contribution in [0.2, 0.25) is 0 Å². The lowest BCUT2D eigenvalue weighted by Gasteiger charge is -2.28. The average molecular weight is 526 g/mol. The van der Waals surface area contributed by atoms with Gasteiger partial charge in [-0.15, -0.1) is 0 Å². The summed E-state index contributed by atoms with van der Waals surface area (Å²) in [4.78, 5) is 38.3. The molecule has 2 fully saturated rings. The van der Waals surface area contributed by atoms with Gasteiger partial charge in [-0.1, -0.05) is 69.7 Å². The van der Waals surface area contributed by atoms with Gasteiger partial charge in [0.15, 0.2) is 11.4 Å². The molecule has 0 spiro atoms. The fourth-order valence-electron chi connectivity index (χ4n) is 4.81. The van der Waals surface area contributed by atoms with Crippen LogP contribution >= 0.6 is 11.6 Å². The van der Waals surface area contributed by atoms with E-state index in [1.54, 1.807) is 32.1 Å². The number of hydrogen-bond acceptors (Lipinski definition) is 6. The normalized spacial score (nSPS) is 26.6. The van der Waals surface area contributed by atoms with E-state index in [-0.39, 0.29) is 30.4 Å². The molecule has 1 heterocycles. The lowest BCUT2D eigenvalue weighted by molar-refractivity contribution is -0.152. The van der Waals surface area contributed by atoms with Gasteiger partial charge < -0.3 is 19.1 Å². The number of esters is 1. The van der Waals surface area contributed by atoms with Crippen LogP contribution < -0.4 is 0 Å². The van der Waals surface area contributed by atoms with Gasteiger partial charge in [0.2, 0.25) is 5.91 Å². The monoisotopic (exact) mass is 525 g/mol. The summed E-state index contributed by atoms with van der Waals surface area (Å²) in [6, 6.07) is 0. The fourth-order valence-corrected chi connectivity index (χ4v) is 5.15. The van der Waals surface area contributed by atoms with Gasteiger partial charge in [-0.05, 0) is 25.3 Å². The number of hydrogen-bond donors (Lipinski definition) is 0. The highest BCUT2D eigenvalue weighted by atomic mass is 35.5. The van der Waals surface area contributed by atoms with Crippen molar-refractivity contribution >= 4 is 29.3 Å². The zero-order valence-electron chi connectivity index (χ0n) is 22.6. The van der Waals surface area contributed by atoms with Gasteiger partial charge >= 0.3 is 5.97 Å². The van der Waals surface area contributed by atoms with Crippen LogP contribution in [-0.4, -0.2) is 67.2 Å². The molecule has 36 heavy (non-hydrogen) atoms. The van der Waals surface area contributed by atoms with Crippen molar-refractivity contribution in [2.45, 2.75) is 109 Å². The smallest absolute Gasteiger partial charge is 0.302 e. The molecule has 0 aromatic carbocycles. The van der Waals surface area contributed by atoms with Gasteiger partial charge in [0.05, 0.1) is 18.6 Å². The van der Waals surface area contributed by atoms with Crippen LogP contribution in [0.3, 0.4) is 0 Å². The highest BCUT2D eigenvalue weighted by Gasteiger charge is 2.66. The minimum Gasteiger partial charge on any atom is -0.462 e. The first-order chi connectivity index (χ1) is 17.1. The molecule has 1 aliphatic heterocycles. The maximum Gasteiger partial charge on any atom is 0.302 e. The molecule has 1 saturated carbocycles. The second-order valence-corrected chi connectivity index (χ2v) is 10.6. The molecule has 0 bridgehead atoms. The predicted octanol–water partition coefficient (Wildman–Crippen LogP) is 5.35. The Morgan fingerprint density at radius 2 is 1.97 bits per heavy atom. The summed E-state index contributed by atoms with van der Waals surface area (Å²) >= 11 is 6.43. The average Bonchev–Trinajstić information content (AvgIpc) is 3.53. The van der Waals surface area contributed by atoms with Crippen LogP contribution in [-0.2, 0) is 28.6 Å². The Morgan fingerprint density at radius 3 is 2.64 bits per heavy atom. The molecule has 2 rings (SSSR count). The van der Waals surface area contributed by atoms with Crippen molar-refractivity contribution in [2.24, 2.45) is 5.92 Å². The molecule has 0 radical (unpaired) electrons. The number of amides is 1. The number of methoxy groups -OCH3 is 1. The molecule has 0 aromatic rings.